The minimum Gasteiger partial charge on any atom is -0.269 e. The molecule has 102 valence electrons. The summed E-state index contributed by atoms with van der Waals surface area (Å²) in [5, 5.41) is 4.00. The van der Waals surface area contributed by atoms with Gasteiger partial charge in [-0.2, -0.15) is 5.10 Å². The first-order valence-electron chi connectivity index (χ1n) is 5.43. The van der Waals surface area contributed by atoms with Crippen LogP contribution in [0.2, 0.25) is 5.15 Å². The van der Waals surface area contributed by atoms with Gasteiger partial charge in [0.2, 0.25) is 0 Å². The molecular formula is C10H18ClN5O2. The minimum atomic E-state index is -0.510. The number of hydrogen-bond acceptors (Lipinski definition) is 6. The third-order valence-electron chi connectivity index (χ3n) is 2.16. The summed E-state index contributed by atoms with van der Waals surface area (Å²) in [6.45, 7) is 4.30. The van der Waals surface area contributed by atoms with Crippen molar-refractivity contribution in [1.82, 2.24) is 20.6 Å². The molecule has 0 amide bonds. The zero-order chi connectivity index (χ0) is 13.8. The maximum atomic E-state index is 11.7. The largest absolute Gasteiger partial charge is 0.292 e. The first kappa shape index (κ1) is 14.9. The van der Waals surface area contributed by atoms with Gasteiger partial charge in [0.05, 0.1) is 0 Å². The highest BCUT2D eigenvalue weighted by molar-refractivity contribution is 6.29. The quantitative estimate of drug-likeness (QED) is 0.647. The van der Waals surface area contributed by atoms with Gasteiger partial charge in [0.25, 0.3) is 5.56 Å². The summed E-state index contributed by atoms with van der Waals surface area (Å²) in [4.78, 5) is 17.2. The topological polar surface area (TPSA) is 80.2 Å². The molecule has 1 heterocycles. The fourth-order valence-corrected chi connectivity index (χ4v) is 1.40. The number of hydrazine groups is 1. The molecule has 18 heavy (non-hydrogen) atoms. The molecule has 0 saturated heterocycles. The van der Waals surface area contributed by atoms with E-state index in [0.29, 0.717) is 6.54 Å². The normalized spacial score (nSPS) is 11.6. The predicted molar refractivity (Wildman–Crippen MR) is 70.3 cm³/mol. The van der Waals surface area contributed by atoms with E-state index in [-0.39, 0.29) is 16.4 Å². The summed E-state index contributed by atoms with van der Waals surface area (Å²) >= 11 is 5.77. The monoisotopic (exact) mass is 275 g/mol. The highest BCUT2D eigenvalue weighted by Gasteiger charge is 2.19. The van der Waals surface area contributed by atoms with E-state index in [1.165, 1.54) is 13.1 Å². The molecule has 0 unspecified atom stereocenters. The van der Waals surface area contributed by atoms with Crippen molar-refractivity contribution in [1.29, 1.82) is 0 Å². The smallest absolute Gasteiger partial charge is 0.269 e. The van der Waals surface area contributed by atoms with Gasteiger partial charge < -0.3 is 0 Å². The number of anilines is 1. The number of nitrogens with zero attached hydrogens (tertiary/aromatic N) is 2. The van der Waals surface area contributed by atoms with Gasteiger partial charge in [-0.05, 0) is 20.9 Å². The average molecular weight is 276 g/mol. The summed E-state index contributed by atoms with van der Waals surface area (Å²) in [5.41, 5.74) is 7.77. The Balaban J connectivity index is 2.72. The molecular weight excluding hydrogens is 258 g/mol. The second-order valence-corrected chi connectivity index (χ2v) is 4.76. The van der Waals surface area contributed by atoms with Gasteiger partial charge >= 0.3 is 0 Å². The van der Waals surface area contributed by atoms with Gasteiger partial charge in [-0.25, -0.2) is 4.68 Å². The number of nitrogens with one attached hydrogen (secondary N) is 3. The highest BCUT2D eigenvalue weighted by atomic mass is 35.5. The van der Waals surface area contributed by atoms with Crippen LogP contribution >= 0.6 is 11.6 Å². The van der Waals surface area contributed by atoms with Crippen LogP contribution in [0, 0.1) is 0 Å². The van der Waals surface area contributed by atoms with Crippen LogP contribution in [0.15, 0.2) is 10.9 Å². The van der Waals surface area contributed by atoms with E-state index in [0.717, 1.165) is 4.68 Å². The number of halogens is 1. The van der Waals surface area contributed by atoms with E-state index >= 15 is 0 Å². The Bertz CT molecular complexity index is 460. The fraction of sp³-hybridized carbons (Fsp3) is 0.600. The highest BCUT2D eigenvalue weighted by Crippen LogP contribution is 2.11. The number of aromatic nitrogens is 2. The molecule has 0 aliphatic heterocycles. The van der Waals surface area contributed by atoms with E-state index in [2.05, 4.69) is 21.4 Å². The third kappa shape index (κ3) is 4.26. The maximum absolute atomic E-state index is 11.7. The summed E-state index contributed by atoms with van der Waals surface area (Å²) in [6.07, 6.45) is 0. The standard InChI is InChI=1S/C10H18ClN5O2/c1-10(2,6-13-12-3)18-15-7-5-8(11)14-16(4)9(7)17/h5,12-13,15H,6H2,1-4H3. The number of rotatable bonds is 6. The minimum absolute atomic E-state index is 0.217. The second kappa shape index (κ2) is 6.14. The summed E-state index contributed by atoms with van der Waals surface area (Å²) in [7, 11) is 3.29. The molecule has 8 heteroatoms. The van der Waals surface area contributed by atoms with Gasteiger partial charge in [0.15, 0.2) is 5.15 Å². The van der Waals surface area contributed by atoms with Gasteiger partial charge in [0.1, 0.15) is 11.3 Å². The lowest BCUT2D eigenvalue weighted by atomic mass is 10.1. The van der Waals surface area contributed by atoms with Crippen LogP contribution in [0.25, 0.3) is 0 Å². The molecule has 1 aromatic rings. The van der Waals surface area contributed by atoms with Crippen LogP contribution in [0.1, 0.15) is 13.8 Å². The Hall–Kier alpha value is -1.15. The van der Waals surface area contributed by atoms with Crippen molar-refractivity contribution in [2.75, 3.05) is 19.1 Å². The Morgan fingerprint density at radius 3 is 2.83 bits per heavy atom. The molecule has 0 bridgehead atoms. The molecule has 0 saturated carbocycles. The Kier molecular flexibility index (Phi) is 5.09. The molecule has 7 nitrogen and oxygen atoms in total. The van der Waals surface area contributed by atoms with Crippen LogP contribution in [-0.2, 0) is 11.9 Å². The zero-order valence-electron chi connectivity index (χ0n) is 10.9. The first-order chi connectivity index (χ1) is 8.35. The van der Waals surface area contributed by atoms with Gasteiger partial charge in [-0.1, -0.05) is 11.6 Å². The van der Waals surface area contributed by atoms with Crippen molar-refractivity contribution in [2.24, 2.45) is 7.05 Å². The Morgan fingerprint density at radius 1 is 1.56 bits per heavy atom. The molecule has 3 N–H and O–H groups in total. The molecule has 0 spiro atoms. The third-order valence-corrected chi connectivity index (χ3v) is 2.35. The lowest BCUT2D eigenvalue weighted by molar-refractivity contribution is 0.0188. The number of aryl methyl sites for hydroxylation is 1. The van der Waals surface area contributed by atoms with Crippen LogP contribution in [0.3, 0.4) is 0 Å². The summed E-state index contributed by atoms with van der Waals surface area (Å²) in [5.74, 6) is 0. The zero-order valence-corrected chi connectivity index (χ0v) is 11.6. The van der Waals surface area contributed by atoms with E-state index in [4.69, 9.17) is 16.4 Å². The Morgan fingerprint density at radius 2 is 2.22 bits per heavy atom. The van der Waals surface area contributed by atoms with Gasteiger partial charge in [0, 0.05) is 19.7 Å². The first-order valence-corrected chi connectivity index (χ1v) is 5.81. The van der Waals surface area contributed by atoms with Gasteiger partial charge in [-0.3, -0.25) is 26.0 Å². The Labute approximate surface area is 110 Å². The van der Waals surface area contributed by atoms with Crippen LogP contribution < -0.4 is 21.9 Å². The van der Waals surface area contributed by atoms with E-state index in [1.54, 1.807) is 7.05 Å². The summed E-state index contributed by atoms with van der Waals surface area (Å²) in [6, 6.07) is 1.42. The molecule has 0 aliphatic rings. The van der Waals surface area contributed by atoms with Crippen LogP contribution in [0.5, 0.6) is 0 Å². The van der Waals surface area contributed by atoms with Crippen LogP contribution in [0.4, 0.5) is 5.69 Å². The van der Waals surface area contributed by atoms with E-state index in [1.807, 2.05) is 13.8 Å². The second-order valence-electron chi connectivity index (χ2n) is 4.38. The average Bonchev–Trinajstić information content (AvgIpc) is 2.29. The van der Waals surface area contributed by atoms with Crippen molar-refractivity contribution < 1.29 is 4.84 Å². The van der Waals surface area contributed by atoms with Crippen molar-refractivity contribution in [3.63, 3.8) is 0 Å². The molecule has 0 radical (unpaired) electrons. The summed E-state index contributed by atoms with van der Waals surface area (Å²) < 4.78 is 1.15. The molecule has 1 aromatic heterocycles. The lowest BCUT2D eigenvalue weighted by Gasteiger charge is -2.25. The lowest BCUT2D eigenvalue weighted by Crippen LogP contribution is -2.44. The van der Waals surface area contributed by atoms with Gasteiger partial charge in [-0.15, -0.1) is 0 Å². The van der Waals surface area contributed by atoms with E-state index < -0.39 is 5.60 Å². The van der Waals surface area contributed by atoms with Crippen molar-refractivity contribution in [3.8, 4) is 0 Å². The molecule has 1 rings (SSSR count). The van der Waals surface area contributed by atoms with Crippen molar-refractivity contribution in [2.45, 2.75) is 19.4 Å². The molecule has 0 aliphatic carbocycles. The predicted octanol–water partition coefficient (Wildman–Crippen LogP) is 0.280. The number of hydrogen-bond donors (Lipinski definition) is 3. The molecule has 0 atom stereocenters. The molecule has 0 aromatic carbocycles. The van der Waals surface area contributed by atoms with Crippen molar-refractivity contribution >= 4 is 17.3 Å². The maximum Gasteiger partial charge on any atom is 0.292 e. The van der Waals surface area contributed by atoms with Crippen LogP contribution in [-0.4, -0.2) is 29.0 Å². The molecule has 0 fully saturated rings. The van der Waals surface area contributed by atoms with E-state index in [9.17, 15) is 4.79 Å². The van der Waals surface area contributed by atoms with Crippen molar-refractivity contribution in [3.05, 3.63) is 21.6 Å². The SMILES string of the molecule is CNNCC(C)(C)ONc1cc(Cl)nn(C)c1=O. The fourth-order valence-electron chi connectivity index (χ4n) is 1.18.